The van der Waals surface area contributed by atoms with Crippen molar-refractivity contribution in [3.8, 4) is 0 Å². The standard InChI is InChI=1S/C16H21BrFN3/c1-4-14-16(10(3)19)15(5-2)21(20-14)9-11-6-7-12(17)8-13(11)18/h6-8,10H,4-5,9,19H2,1-3H3. The van der Waals surface area contributed by atoms with Crippen molar-refractivity contribution in [2.45, 2.75) is 46.2 Å². The summed E-state index contributed by atoms with van der Waals surface area (Å²) in [6.07, 6.45) is 1.67. The normalized spacial score (nSPS) is 12.7. The topological polar surface area (TPSA) is 43.8 Å². The van der Waals surface area contributed by atoms with E-state index in [0.717, 1.165) is 34.3 Å². The molecule has 2 N–H and O–H groups in total. The van der Waals surface area contributed by atoms with Gasteiger partial charge in [0.15, 0.2) is 0 Å². The molecule has 0 aliphatic heterocycles. The minimum atomic E-state index is -0.220. The molecule has 1 heterocycles. The van der Waals surface area contributed by atoms with Crippen LogP contribution in [0.4, 0.5) is 4.39 Å². The molecule has 1 atom stereocenters. The molecule has 114 valence electrons. The molecular formula is C16H21BrFN3. The first-order valence-electron chi connectivity index (χ1n) is 7.25. The lowest BCUT2D eigenvalue weighted by atomic mass is 10.0. The van der Waals surface area contributed by atoms with Crippen molar-refractivity contribution in [3.05, 3.63) is 51.0 Å². The summed E-state index contributed by atoms with van der Waals surface area (Å²) < 4.78 is 16.7. The average Bonchev–Trinajstić information content (AvgIpc) is 2.79. The summed E-state index contributed by atoms with van der Waals surface area (Å²) in [6, 6.07) is 5.06. The molecule has 0 radical (unpaired) electrons. The van der Waals surface area contributed by atoms with E-state index in [0.29, 0.717) is 12.1 Å². The van der Waals surface area contributed by atoms with Gasteiger partial charge in [0, 0.05) is 27.3 Å². The molecule has 0 spiro atoms. The zero-order valence-electron chi connectivity index (χ0n) is 12.7. The van der Waals surface area contributed by atoms with Gasteiger partial charge >= 0.3 is 0 Å². The van der Waals surface area contributed by atoms with Crippen LogP contribution in [0.1, 0.15) is 49.3 Å². The fourth-order valence-corrected chi connectivity index (χ4v) is 3.00. The Hall–Kier alpha value is -1.20. The molecule has 0 aliphatic rings. The number of halogens is 2. The predicted octanol–water partition coefficient (Wildman–Crippen LogP) is 3.98. The second-order valence-corrected chi connectivity index (χ2v) is 6.11. The lowest BCUT2D eigenvalue weighted by Gasteiger charge is -2.11. The van der Waals surface area contributed by atoms with Crippen LogP contribution in [0.25, 0.3) is 0 Å². The maximum absolute atomic E-state index is 14.0. The van der Waals surface area contributed by atoms with Gasteiger partial charge in [-0.3, -0.25) is 4.68 Å². The van der Waals surface area contributed by atoms with Crippen molar-refractivity contribution in [2.24, 2.45) is 5.73 Å². The van der Waals surface area contributed by atoms with Crippen LogP contribution >= 0.6 is 15.9 Å². The van der Waals surface area contributed by atoms with E-state index >= 15 is 0 Å². The first-order chi connectivity index (χ1) is 9.97. The first kappa shape index (κ1) is 16.2. The molecule has 0 saturated carbocycles. The molecule has 1 aromatic heterocycles. The molecule has 21 heavy (non-hydrogen) atoms. The number of aryl methyl sites for hydroxylation is 1. The fraction of sp³-hybridized carbons (Fsp3) is 0.438. The quantitative estimate of drug-likeness (QED) is 0.883. The Morgan fingerprint density at radius 2 is 2.05 bits per heavy atom. The molecule has 0 bridgehead atoms. The Balaban J connectivity index is 2.44. The van der Waals surface area contributed by atoms with Crippen molar-refractivity contribution in [1.29, 1.82) is 0 Å². The highest BCUT2D eigenvalue weighted by atomic mass is 79.9. The van der Waals surface area contributed by atoms with E-state index in [1.165, 1.54) is 6.07 Å². The van der Waals surface area contributed by atoms with E-state index < -0.39 is 0 Å². The average molecular weight is 354 g/mol. The van der Waals surface area contributed by atoms with Crippen molar-refractivity contribution in [3.63, 3.8) is 0 Å². The van der Waals surface area contributed by atoms with Crippen LogP contribution in [-0.2, 0) is 19.4 Å². The highest BCUT2D eigenvalue weighted by Gasteiger charge is 2.19. The van der Waals surface area contributed by atoms with Crippen LogP contribution in [0.3, 0.4) is 0 Å². The Bertz CT molecular complexity index is 635. The van der Waals surface area contributed by atoms with Crippen molar-refractivity contribution >= 4 is 15.9 Å². The molecule has 0 fully saturated rings. The lowest BCUT2D eigenvalue weighted by molar-refractivity contribution is 0.572. The fourth-order valence-electron chi connectivity index (χ4n) is 2.67. The Kier molecular flexibility index (Phi) is 5.17. The van der Waals surface area contributed by atoms with E-state index in [9.17, 15) is 4.39 Å². The van der Waals surface area contributed by atoms with Gasteiger partial charge in [0.1, 0.15) is 5.82 Å². The number of nitrogens with two attached hydrogens (primary N) is 1. The van der Waals surface area contributed by atoms with Crippen LogP contribution < -0.4 is 5.73 Å². The molecular weight excluding hydrogens is 333 g/mol. The van der Waals surface area contributed by atoms with Gasteiger partial charge in [-0.2, -0.15) is 5.10 Å². The molecule has 0 saturated heterocycles. The molecule has 2 rings (SSSR count). The van der Waals surface area contributed by atoms with E-state index in [2.05, 4.69) is 34.9 Å². The van der Waals surface area contributed by atoms with E-state index in [-0.39, 0.29) is 11.9 Å². The first-order valence-corrected chi connectivity index (χ1v) is 8.05. The van der Waals surface area contributed by atoms with E-state index in [4.69, 9.17) is 5.73 Å². The molecule has 0 amide bonds. The van der Waals surface area contributed by atoms with Gasteiger partial charge in [0.2, 0.25) is 0 Å². The molecule has 3 nitrogen and oxygen atoms in total. The van der Waals surface area contributed by atoms with Crippen LogP contribution in [0.2, 0.25) is 0 Å². The predicted molar refractivity (Wildman–Crippen MR) is 86.8 cm³/mol. The maximum atomic E-state index is 14.0. The number of nitrogens with zero attached hydrogens (tertiary/aromatic N) is 2. The Morgan fingerprint density at radius 1 is 1.33 bits per heavy atom. The van der Waals surface area contributed by atoms with Gasteiger partial charge in [0.25, 0.3) is 0 Å². The molecule has 0 aliphatic carbocycles. The van der Waals surface area contributed by atoms with Gasteiger partial charge < -0.3 is 5.73 Å². The van der Waals surface area contributed by atoms with Gasteiger partial charge in [-0.25, -0.2) is 4.39 Å². The zero-order valence-corrected chi connectivity index (χ0v) is 14.2. The number of benzene rings is 1. The smallest absolute Gasteiger partial charge is 0.129 e. The summed E-state index contributed by atoms with van der Waals surface area (Å²) in [5, 5.41) is 4.64. The summed E-state index contributed by atoms with van der Waals surface area (Å²) in [7, 11) is 0. The molecule has 1 aromatic carbocycles. The highest BCUT2D eigenvalue weighted by molar-refractivity contribution is 9.10. The van der Waals surface area contributed by atoms with Crippen molar-refractivity contribution < 1.29 is 4.39 Å². The van der Waals surface area contributed by atoms with Gasteiger partial charge in [-0.1, -0.05) is 35.8 Å². The number of rotatable bonds is 5. The van der Waals surface area contributed by atoms with Gasteiger partial charge in [-0.05, 0) is 31.9 Å². The molecule has 1 unspecified atom stereocenters. The van der Waals surface area contributed by atoms with Crippen molar-refractivity contribution in [2.75, 3.05) is 0 Å². The minimum Gasteiger partial charge on any atom is -0.324 e. The summed E-state index contributed by atoms with van der Waals surface area (Å²) in [5.41, 5.74) is 9.95. The van der Waals surface area contributed by atoms with Crippen LogP contribution in [0.5, 0.6) is 0 Å². The zero-order chi connectivity index (χ0) is 15.6. The summed E-state index contributed by atoms with van der Waals surface area (Å²) in [4.78, 5) is 0. The summed E-state index contributed by atoms with van der Waals surface area (Å²) >= 11 is 3.28. The third-order valence-corrected chi connectivity index (χ3v) is 4.13. The SMILES string of the molecule is CCc1nn(Cc2ccc(Br)cc2F)c(CC)c1C(C)N. The monoisotopic (exact) mass is 353 g/mol. The Labute approximate surface area is 133 Å². The second kappa shape index (κ2) is 6.71. The van der Waals surface area contributed by atoms with E-state index in [1.54, 1.807) is 6.07 Å². The van der Waals surface area contributed by atoms with Crippen molar-refractivity contribution in [1.82, 2.24) is 9.78 Å². The lowest BCUT2D eigenvalue weighted by Crippen LogP contribution is -2.11. The van der Waals surface area contributed by atoms with Crippen LogP contribution in [-0.4, -0.2) is 9.78 Å². The van der Waals surface area contributed by atoms with E-state index in [1.807, 2.05) is 17.7 Å². The maximum Gasteiger partial charge on any atom is 0.129 e. The largest absolute Gasteiger partial charge is 0.324 e. The number of aromatic nitrogens is 2. The summed E-state index contributed by atoms with van der Waals surface area (Å²) in [5.74, 6) is -0.220. The highest BCUT2D eigenvalue weighted by Crippen LogP contribution is 2.24. The summed E-state index contributed by atoms with van der Waals surface area (Å²) in [6.45, 7) is 6.55. The number of hydrogen-bond acceptors (Lipinski definition) is 2. The van der Waals surface area contributed by atoms with Gasteiger partial charge in [0.05, 0.1) is 12.2 Å². The van der Waals surface area contributed by atoms with Crippen LogP contribution in [0, 0.1) is 5.82 Å². The third kappa shape index (κ3) is 3.35. The third-order valence-electron chi connectivity index (χ3n) is 3.64. The minimum absolute atomic E-state index is 0.0570. The Morgan fingerprint density at radius 3 is 2.57 bits per heavy atom. The van der Waals surface area contributed by atoms with Gasteiger partial charge in [-0.15, -0.1) is 0 Å². The molecule has 5 heteroatoms. The van der Waals surface area contributed by atoms with Crippen LogP contribution in [0.15, 0.2) is 22.7 Å². The second-order valence-electron chi connectivity index (χ2n) is 5.20. The number of hydrogen-bond donors (Lipinski definition) is 1. The molecule has 2 aromatic rings.